The summed E-state index contributed by atoms with van der Waals surface area (Å²) in [7, 11) is 0. The molecule has 188 valence electrons. The van der Waals surface area contributed by atoms with Gasteiger partial charge in [-0.1, -0.05) is 20.8 Å². The highest BCUT2D eigenvalue weighted by atomic mass is 32.2. The number of nitrogens with zero attached hydrogens (tertiary/aromatic N) is 4. The number of nitrogens with one attached hydrogen (secondary N) is 1. The molecule has 2 aliphatic carbocycles. The molecule has 0 bridgehead atoms. The molecule has 0 spiro atoms. The molecule has 1 aliphatic heterocycles. The van der Waals surface area contributed by atoms with E-state index in [1.54, 1.807) is 0 Å². The lowest BCUT2D eigenvalue weighted by Crippen LogP contribution is -2.54. The van der Waals surface area contributed by atoms with Crippen molar-refractivity contribution in [2.24, 2.45) is 23.2 Å². The summed E-state index contributed by atoms with van der Waals surface area (Å²) < 4.78 is 0. The van der Waals surface area contributed by atoms with Crippen LogP contribution in [0.4, 0.5) is 5.13 Å². The van der Waals surface area contributed by atoms with Gasteiger partial charge >= 0.3 is 0 Å². The van der Waals surface area contributed by atoms with E-state index in [0.717, 1.165) is 49.6 Å². The Hall–Kier alpha value is -2.04. The Morgan fingerprint density at radius 3 is 2.77 bits per heavy atom. The van der Waals surface area contributed by atoms with Crippen molar-refractivity contribution in [1.82, 2.24) is 19.9 Å². The minimum absolute atomic E-state index is 0.0200. The van der Waals surface area contributed by atoms with Crippen molar-refractivity contribution in [3.8, 4) is 0 Å². The monoisotopic (exact) mass is 515 g/mol. The molecule has 8 nitrogen and oxygen atoms in total. The number of thioether (sulfide) groups is 1. The summed E-state index contributed by atoms with van der Waals surface area (Å²) >= 11 is 3.41. The van der Waals surface area contributed by atoms with Crippen molar-refractivity contribution in [2.75, 3.05) is 29.9 Å². The Morgan fingerprint density at radius 1 is 1.29 bits per heavy atom. The van der Waals surface area contributed by atoms with Gasteiger partial charge in [0.05, 0.1) is 18.0 Å². The number of aliphatic hydroxyl groups is 1. The number of aliphatic hydroxyl groups excluding tert-OH is 1. The smallest absolute Gasteiger partial charge is 0.277 e. The number of aromatic nitrogens is 3. The molecule has 35 heavy (non-hydrogen) atoms. The maximum atomic E-state index is 13.2. The lowest BCUT2D eigenvalue weighted by atomic mass is 9.53. The van der Waals surface area contributed by atoms with Gasteiger partial charge in [-0.2, -0.15) is 11.8 Å². The van der Waals surface area contributed by atoms with Crippen LogP contribution in [0.25, 0.3) is 0 Å². The van der Waals surface area contributed by atoms with E-state index < -0.39 is 6.10 Å². The van der Waals surface area contributed by atoms with Gasteiger partial charge in [0.2, 0.25) is 5.91 Å². The second-order valence-electron chi connectivity index (χ2n) is 10.4. The van der Waals surface area contributed by atoms with Gasteiger partial charge in [0.25, 0.3) is 5.91 Å². The van der Waals surface area contributed by atoms with Crippen LogP contribution in [0.15, 0.2) is 18.6 Å². The molecule has 2 aromatic heterocycles. The summed E-state index contributed by atoms with van der Waals surface area (Å²) in [5.74, 6) is 1.66. The molecule has 1 saturated carbocycles. The molecule has 10 heteroatoms. The Bertz CT molecular complexity index is 1090. The normalized spacial score (nSPS) is 31.3. The summed E-state index contributed by atoms with van der Waals surface area (Å²) in [5, 5.41) is 15.1. The van der Waals surface area contributed by atoms with Gasteiger partial charge < -0.3 is 10.0 Å². The third kappa shape index (κ3) is 4.60. The third-order valence-corrected chi connectivity index (χ3v) is 10.2. The topological polar surface area (TPSA) is 108 Å². The van der Waals surface area contributed by atoms with Crippen molar-refractivity contribution >= 4 is 40.0 Å². The maximum absolute atomic E-state index is 13.2. The summed E-state index contributed by atoms with van der Waals surface area (Å²) in [6, 6.07) is 0. The molecule has 2 N–H and O–H groups in total. The number of hydrogen-bond acceptors (Lipinski definition) is 8. The SMILES string of the molecule is C[C@H](C(=O)N1CCSCC1)[C@@H]1CC[C@]2(C)Cc3sc(NC(=O)c4cnccn4)nc3[C@H](C)[C@@H]2[C@H]1O. The number of amides is 2. The first-order valence-electron chi connectivity index (χ1n) is 12.4. The molecule has 0 unspecified atom stereocenters. The van der Waals surface area contributed by atoms with Crippen molar-refractivity contribution in [2.45, 2.75) is 52.1 Å². The van der Waals surface area contributed by atoms with Crippen LogP contribution in [0.5, 0.6) is 0 Å². The zero-order valence-electron chi connectivity index (χ0n) is 20.4. The zero-order chi connectivity index (χ0) is 24.7. The van der Waals surface area contributed by atoms with Gasteiger partial charge in [-0.25, -0.2) is 9.97 Å². The first-order valence-corrected chi connectivity index (χ1v) is 14.4. The molecule has 6 atom stereocenters. The molecule has 2 fully saturated rings. The summed E-state index contributed by atoms with van der Waals surface area (Å²) in [5.41, 5.74) is 1.14. The Balaban J connectivity index is 1.34. The average Bonchev–Trinajstić information content (AvgIpc) is 3.26. The lowest BCUT2D eigenvalue weighted by Gasteiger charge is -2.53. The van der Waals surface area contributed by atoms with E-state index in [-0.39, 0.29) is 46.6 Å². The van der Waals surface area contributed by atoms with Crippen LogP contribution in [0.1, 0.15) is 60.6 Å². The van der Waals surface area contributed by atoms with E-state index in [9.17, 15) is 14.7 Å². The number of rotatable bonds is 4. The molecule has 3 heterocycles. The largest absolute Gasteiger partial charge is 0.392 e. The maximum Gasteiger partial charge on any atom is 0.277 e. The van der Waals surface area contributed by atoms with Crippen molar-refractivity contribution in [1.29, 1.82) is 0 Å². The number of anilines is 1. The summed E-state index contributed by atoms with van der Waals surface area (Å²) in [6.45, 7) is 8.01. The van der Waals surface area contributed by atoms with Crippen molar-refractivity contribution in [3.05, 3.63) is 34.9 Å². The predicted octanol–water partition coefficient (Wildman–Crippen LogP) is 3.45. The van der Waals surface area contributed by atoms with Gasteiger partial charge in [-0.15, -0.1) is 11.3 Å². The minimum Gasteiger partial charge on any atom is -0.392 e. The highest BCUT2D eigenvalue weighted by Gasteiger charge is 2.54. The molecule has 2 amide bonds. The molecule has 3 aliphatic rings. The number of thiazole rings is 1. The fourth-order valence-electron chi connectivity index (χ4n) is 6.43. The van der Waals surface area contributed by atoms with Crippen molar-refractivity contribution in [3.63, 3.8) is 0 Å². The van der Waals surface area contributed by atoms with E-state index >= 15 is 0 Å². The van der Waals surface area contributed by atoms with Crippen molar-refractivity contribution < 1.29 is 14.7 Å². The first-order chi connectivity index (χ1) is 16.8. The number of carbonyl (C=O) groups is 2. The summed E-state index contributed by atoms with van der Waals surface area (Å²) in [4.78, 5) is 41.8. The van der Waals surface area contributed by atoms with Crippen LogP contribution >= 0.6 is 23.1 Å². The number of carbonyl (C=O) groups excluding carboxylic acids is 2. The Morgan fingerprint density at radius 2 is 2.06 bits per heavy atom. The quantitative estimate of drug-likeness (QED) is 0.642. The Kier molecular flexibility index (Phi) is 6.89. The molecule has 0 aromatic carbocycles. The average molecular weight is 516 g/mol. The van der Waals surface area contributed by atoms with E-state index in [2.05, 4.69) is 29.1 Å². The van der Waals surface area contributed by atoms with Gasteiger partial charge in [0.15, 0.2) is 5.13 Å². The van der Waals surface area contributed by atoms with Crippen LogP contribution in [-0.4, -0.2) is 67.5 Å². The third-order valence-electron chi connectivity index (χ3n) is 8.29. The van der Waals surface area contributed by atoms with Gasteiger partial charge in [-0.3, -0.25) is 19.9 Å². The fourth-order valence-corrected chi connectivity index (χ4v) is 8.59. The van der Waals surface area contributed by atoms with E-state index in [1.165, 1.54) is 34.8 Å². The fraction of sp³-hybridized carbons (Fsp3) is 0.640. The van der Waals surface area contributed by atoms with E-state index in [4.69, 9.17) is 4.98 Å². The zero-order valence-corrected chi connectivity index (χ0v) is 22.1. The summed E-state index contributed by atoms with van der Waals surface area (Å²) in [6.07, 6.45) is 6.53. The van der Waals surface area contributed by atoms with Gasteiger partial charge in [0.1, 0.15) is 5.69 Å². The first kappa shape index (κ1) is 24.6. The van der Waals surface area contributed by atoms with E-state index in [1.807, 2.05) is 23.6 Å². The van der Waals surface area contributed by atoms with Gasteiger partial charge in [0, 0.05) is 53.7 Å². The van der Waals surface area contributed by atoms with Crippen LogP contribution in [0.2, 0.25) is 0 Å². The minimum atomic E-state index is -0.561. The standard InChI is InChI=1S/C25H33N5O3S2/c1-14(23(33)30-8-10-34-11-9-30)16-4-5-25(3)12-18-20(15(2)19(25)21(16)31)28-24(35-18)29-22(32)17-13-26-6-7-27-17/h6-7,13-16,19,21,31H,4-5,8-12H2,1-3H3,(H,28,29,32)/t14-,15+,16-,19+,21-,25+/m0/s1. The molecular weight excluding hydrogens is 482 g/mol. The van der Waals surface area contributed by atoms with Crippen LogP contribution in [0, 0.1) is 23.2 Å². The molecular formula is C25H33N5O3S2. The molecule has 5 rings (SSSR count). The highest BCUT2D eigenvalue weighted by molar-refractivity contribution is 7.99. The second kappa shape index (κ2) is 9.78. The molecule has 2 aromatic rings. The van der Waals surface area contributed by atoms with E-state index in [0.29, 0.717) is 5.13 Å². The molecule has 1 saturated heterocycles. The van der Waals surface area contributed by atoms with Crippen LogP contribution in [0.3, 0.4) is 0 Å². The predicted molar refractivity (Wildman–Crippen MR) is 138 cm³/mol. The Labute approximate surface area is 214 Å². The number of fused-ring (bicyclic) bond motifs is 2. The second-order valence-corrected chi connectivity index (χ2v) is 12.7. The lowest BCUT2D eigenvalue weighted by molar-refractivity contribution is -0.144. The number of hydrogen-bond donors (Lipinski definition) is 2. The van der Waals surface area contributed by atoms with Crippen LogP contribution < -0.4 is 5.32 Å². The van der Waals surface area contributed by atoms with Crippen LogP contribution in [-0.2, 0) is 11.2 Å². The molecule has 0 radical (unpaired) electrons. The highest BCUT2D eigenvalue weighted by Crippen LogP contribution is 2.57. The van der Waals surface area contributed by atoms with Gasteiger partial charge in [-0.05, 0) is 36.5 Å².